The van der Waals surface area contributed by atoms with E-state index in [0.29, 0.717) is 0 Å². The van der Waals surface area contributed by atoms with E-state index in [1.165, 1.54) is 0 Å². The Morgan fingerprint density at radius 3 is 2.85 bits per heavy atom. The number of hydrogen-bond acceptors (Lipinski definition) is 3. The molecule has 1 rings (SSSR count). The van der Waals surface area contributed by atoms with Crippen LogP contribution in [0.5, 0.6) is 0 Å². The second-order valence-corrected chi connectivity index (χ2v) is 3.08. The second kappa shape index (κ2) is 4.12. The Morgan fingerprint density at radius 1 is 1.62 bits per heavy atom. The normalized spacial score (nSPS) is 12.5. The van der Waals surface area contributed by atoms with Crippen molar-refractivity contribution in [3.63, 3.8) is 0 Å². The lowest BCUT2D eigenvalue weighted by atomic mass is 10.0. The topological polar surface area (TPSA) is 42.9 Å². The molecule has 0 amide bonds. The largest absolute Gasteiger partial charge is 0.299 e. The summed E-state index contributed by atoms with van der Waals surface area (Å²) >= 11 is 0. The van der Waals surface area contributed by atoms with E-state index in [9.17, 15) is 4.79 Å². The Morgan fingerprint density at radius 2 is 2.31 bits per heavy atom. The summed E-state index contributed by atoms with van der Waals surface area (Å²) in [6, 6.07) is 1.80. The highest BCUT2D eigenvalue weighted by Crippen LogP contribution is 2.12. The average molecular weight is 178 g/mol. The van der Waals surface area contributed by atoms with Crippen LogP contribution in [-0.2, 0) is 11.2 Å². The van der Waals surface area contributed by atoms with Crippen molar-refractivity contribution in [1.82, 2.24) is 9.97 Å². The van der Waals surface area contributed by atoms with Crippen LogP contribution in [0.4, 0.5) is 0 Å². The maximum atomic E-state index is 11.1. The quantitative estimate of drug-likeness (QED) is 0.708. The first-order chi connectivity index (χ1) is 6.15. The van der Waals surface area contributed by atoms with E-state index in [1.807, 2.05) is 13.8 Å². The van der Waals surface area contributed by atoms with Gasteiger partial charge in [0.15, 0.2) is 0 Å². The van der Waals surface area contributed by atoms with Gasteiger partial charge in [-0.3, -0.25) is 4.79 Å². The molecule has 13 heavy (non-hydrogen) atoms. The molecule has 3 nitrogen and oxygen atoms in total. The van der Waals surface area contributed by atoms with E-state index in [4.69, 9.17) is 0 Å². The van der Waals surface area contributed by atoms with Crippen molar-refractivity contribution < 1.29 is 4.79 Å². The van der Waals surface area contributed by atoms with Crippen molar-refractivity contribution in [3.05, 3.63) is 23.8 Å². The lowest BCUT2D eigenvalue weighted by Crippen LogP contribution is -2.08. The summed E-state index contributed by atoms with van der Waals surface area (Å²) in [7, 11) is 0. The summed E-state index contributed by atoms with van der Waals surface area (Å²) in [6.45, 7) is 5.44. The molecule has 3 heteroatoms. The van der Waals surface area contributed by atoms with Crippen molar-refractivity contribution in [1.29, 1.82) is 0 Å². The molecule has 1 unspecified atom stereocenters. The van der Waals surface area contributed by atoms with Gasteiger partial charge in [0.05, 0.1) is 11.6 Å². The van der Waals surface area contributed by atoms with Crippen LogP contribution in [0.25, 0.3) is 0 Å². The number of rotatable bonds is 3. The molecule has 0 saturated carbocycles. The molecule has 0 fully saturated rings. The number of aromatic nitrogens is 2. The number of hydrogen-bond donors (Lipinski definition) is 0. The molecule has 1 heterocycles. The number of carbonyl (C=O) groups is 1. The Hall–Kier alpha value is -1.25. The van der Waals surface area contributed by atoms with Crippen LogP contribution >= 0.6 is 0 Å². The molecule has 1 atom stereocenters. The maximum absolute atomic E-state index is 11.1. The first kappa shape index (κ1) is 9.84. The van der Waals surface area contributed by atoms with Gasteiger partial charge in [0, 0.05) is 12.6 Å². The zero-order chi connectivity index (χ0) is 9.84. The number of Topliss-reactive ketones (excluding diaryl/α,β-unsaturated/α-hetero) is 1. The van der Waals surface area contributed by atoms with E-state index in [1.54, 1.807) is 19.2 Å². The van der Waals surface area contributed by atoms with Crippen molar-refractivity contribution in [2.75, 3.05) is 0 Å². The minimum Gasteiger partial charge on any atom is -0.299 e. The van der Waals surface area contributed by atoms with E-state index in [0.717, 1.165) is 17.9 Å². The second-order valence-electron chi connectivity index (χ2n) is 3.08. The molecular weight excluding hydrogens is 164 g/mol. The highest BCUT2D eigenvalue weighted by molar-refractivity contribution is 5.82. The van der Waals surface area contributed by atoms with E-state index in [-0.39, 0.29) is 11.7 Å². The summed E-state index contributed by atoms with van der Waals surface area (Å²) < 4.78 is 0. The third-order valence-electron chi connectivity index (χ3n) is 2.10. The SMILES string of the molecule is CCc1nccc(C(C)C(C)=O)n1. The molecule has 0 aliphatic carbocycles. The van der Waals surface area contributed by atoms with Gasteiger partial charge in [0.25, 0.3) is 0 Å². The summed E-state index contributed by atoms with van der Waals surface area (Å²) in [5.41, 5.74) is 0.819. The van der Waals surface area contributed by atoms with Crippen LogP contribution < -0.4 is 0 Å². The zero-order valence-electron chi connectivity index (χ0n) is 8.24. The minimum absolute atomic E-state index is 0.117. The smallest absolute Gasteiger partial charge is 0.138 e. The predicted molar refractivity (Wildman–Crippen MR) is 50.5 cm³/mol. The Kier molecular flexibility index (Phi) is 3.12. The average Bonchev–Trinajstić information content (AvgIpc) is 2.16. The standard InChI is InChI=1S/C10H14N2O/c1-4-10-11-6-5-9(12-10)7(2)8(3)13/h5-7H,4H2,1-3H3. The van der Waals surface area contributed by atoms with Crippen molar-refractivity contribution in [2.45, 2.75) is 33.1 Å². The van der Waals surface area contributed by atoms with Gasteiger partial charge >= 0.3 is 0 Å². The highest BCUT2D eigenvalue weighted by Gasteiger charge is 2.11. The number of carbonyl (C=O) groups excluding carboxylic acids is 1. The molecule has 0 aliphatic heterocycles. The van der Waals surface area contributed by atoms with Crippen LogP contribution in [-0.4, -0.2) is 15.8 Å². The van der Waals surface area contributed by atoms with Gasteiger partial charge in [-0.15, -0.1) is 0 Å². The van der Waals surface area contributed by atoms with E-state index < -0.39 is 0 Å². The van der Waals surface area contributed by atoms with Gasteiger partial charge in [0.1, 0.15) is 11.6 Å². The Labute approximate surface area is 78.2 Å². The van der Waals surface area contributed by atoms with Gasteiger partial charge in [-0.05, 0) is 19.9 Å². The summed E-state index contributed by atoms with van der Waals surface area (Å²) in [6.07, 6.45) is 2.51. The lowest BCUT2D eigenvalue weighted by Gasteiger charge is -2.06. The van der Waals surface area contributed by atoms with Crippen LogP contribution in [0.15, 0.2) is 12.3 Å². The van der Waals surface area contributed by atoms with Crippen molar-refractivity contribution in [2.24, 2.45) is 0 Å². The first-order valence-electron chi connectivity index (χ1n) is 4.47. The summed E-state index contributed by atoms with van der Waals surface area (Å²) in [5, 5.41) is 0. The molecule has 0 aliphatic rings. The fourth-order valence-electron chi connectivity index (χ4n) is 1.03. The summed E-state index contributed by atoms with van der Waals surface area (Å²) in [4.78, 5) is 19.4. The highest BCUT2D eigenvalue weighted by atomic mass is 16.1. The van der Waals surface area contributed by atoms with Crippen LogP contribution in [0.1, 0.15) is 38.2 Å². The molecule has 0 spiro atoms. The number of nitrogens with zero attached hydrogens (tertiary/aromatic N) is 2. The lowest BCUT2D eigenvalue weighted by molar-refractivity contribution is -0.118. The number of ketones is 1. The van der Waals surface area contributed by atoms with Gasteiger partial charge in [-0.1, -0.05) is 6.92 Å². The summed E-state index contributed by atoms with van der Waals surface area (Å²) in [5.74, 6) is 0.819. The molecule has 1 aromatic rings. The van der Waals surface area contributed by atoms with Gasteiger partial charge < -0.3 is 0 Å². The fraction of sp³-hybridized carbons (Fsp3) is 0.500. The molecule has 0 N–H and O–H groups in total. The third-order valence-corrected chi connectivity index (χ3v) is 2.10. The molecule has 0 saturated heterocycles. The molecule has 0 bridgehead atoms. The van der Waals surface area contributed by atoms with Crippen molar-refractivity contribution >= 4 is 5.78 Å². The molecule has 0 radical (unpaired) electrons. The zero-order valence-corrected chi connectivity index (χ0v) is 8.24. The van der Waals surface area contributed by atoms with Crippen LogP contribution in [0.3, 0.4) is 0 Å². The van der Waals surface area contributed by atoms with Gasteiger partial charge in [-0.25, -0.2) is 9.97 Å². The van der Waals surface area contributed by atoms with E-state index in [2.05, 4.69) is 9.97 Å². The first-order valence-corrected chi connectivity index (χ1v) is 4.47. The minimum atomic E-state index is -0.117. The van der Waals surface area contributed by atoms with Crippen LogP contribution in [0.2, 0.25) is 0 Å². The molecule has 0 aromatic carbocycles. The van der Waals surface area contributed by atoms with Crippen molar-refractivity contribution in [3.8, 4) is 0 Å². The monoisotopic (exact) mass is 178 g/mol. The third kappa shape index (κ3) is 2.34. The Balaban J connectivity index is 2.94. The maximum Gasteiger partial charge on any atom is 0.138 e. The van der Waals surface area contributed by atoms with E-state index >= 15 is 0 Å². The predicted octanol–water partition coefficient (Wildman–Crippen LogP) is 1.73. The fourth-order valence-corrected chi connectivity index (χ4v) is 1.03. The Bertz CT molecular complexity index is 310. The van der Waals surface area contributed by atoms with Gasteiger partial charge in [0.2, 0.25) is 0 Å². The number of aryl methyl sites for hydroxylation is 1. The van der Waals surface area contributed by atoms with Gasteiger partial charge in [-0.2, -0.15) is 0 Å². The molecule has 1 aromatic heterocycles. The molecular formula is C10H14N2O. The van der Waals surface area contributed by atoms with Crippen LogP contribution in [0, 0.1) is 0 Å². The molecule has 70 valence electrons.